The van der Waals surface area contributed by atoms with Crippen molar-refractivity contribution in [3.8, 4) is 11.4 Å². The minimum atomic E-state index is -0.155. The second-order valence-corrected chi connectivity index (χ2v) is 5.34. The minimum absolute atomic E-state index is 0.142. The van der Waals surface area contributed by atoms with Crippen LogP contribution < -0.4 is 5.32 Å². The fraction of sp³-hybridized carbons (Fsp3) is 0.333. The summed E-state index contributed by atoms with van der Waals surface area (Å²) in [5, 5.41) is 12.4. The molecule has 2 aromatic rings. The third-order valence-corrected chi connectivity index (χ3v) is 2.88. The SMILES string of the molecule is CC(C)(CO)CNc1cnc(-c2ccccc2)nc1. The molecule has 2 N–H and O–H groups in total. The first-order valence-corrected chi connectivity index (χ1v) is 6.33. The lowest BCUT2D eigenvalue weighted by atomic mass is 9.95. The van der Waals surface area contributed by atoms with E-state index >= 15 is 0 Å². The van der Waals surface area contributed by atoms with Gasteiger partial charge in [-0.05, 0) is 0 Å². The molecule has 100 valence electrons. The Labute approximate surface area is 113 Å². The Morgan fingerprint density at radius 3 is 2.32 bits per heavy atom. The first kappa shape index (κ1) is 13.5. The standard InChI is InChI=1S/C15H19N3O/c1-15(2,11-19)10-18-13-8-16-14(17-9-13)12-6-4-3-5-7-12/h3-9,18-19H,10-11H2,1-2H3. The molecule has 0 radical (unpaired) electrons. The van der Waals surface area contributed by atoms with Crippen LogP contribution in [0.4, 0.5) is 5.69 Å². The Kier molecular flexibility index (Phi) is 4.12. The fourth-order valence-corrected chi connectivity index (χ4v) is 1.55. The van der Waals surface area contributed by atoms with Crippen LogP contribution in [0.2, 0.25) is 0 Å². The first-order valence-electron chi connectivity index (χ1n) is 6.33. The Morgan fingerprint density at radius 1 is 1.11 bits per heavy atom. The highest BCUT2D eigenvalue weighted by molar-refractivity contribution is 5.55. The Morgan fingerprint density at radius 2 is 1.74 bits per heavy atom. The zero-order chi connectivity index (χ0) is 13.7. The summed E-state index contributed by atoms with van der Waals surface area (Å²) in [5.74, 6) is 0.715. The number of aromatic nitrogens is 2. The molecule has 0 aliphatic heterocycles. The number of hydrogen-bond acceptors (Lipinski definition) is 4. The normalized spacial score (nSPS) is 11.3. The summed E-state index contributed by atoms with van der Waals surface area (Å²) in [5.41, 5.74) is 1.71. The summed E-state index contributed by atoms with van der Waals surface area (Å²) in [7, 11) is 0. The van der Waals surface area contributed by atoms with E-state index in [1.807, 2.05) is 44.2 Å². The largest absolute Gasteiger partial charge is 0.396 e. The van der Waals surface area contributed by atoms with Gasteiger partial charge < -0.3 is 10.4 Å². The maximum atomic E-state index is 9.19. The molecule has 0 unspecified atom stereocenters. The van der Waals surface area contributed by atoms with Crippen LogP contribution in [0.1, 0.15) is 13.8 Å². The molecule has 0 spiro atoms. The smallest absolute Gasteiger partial charge is 0.159 e. The fourth-order valence-electron chi connectivity index (χ4n) is 1.55. The zero-order valence-electron chi connectivity index (χ0n) is 11.3. The van der Waals surface area contributed by atoms with E-state index in [0.717, 1.165) is 11.3 Å². The van der Waals surface area contributed by atoms with Crippen molar-refractivity contribution in [1.29, 1.82) is 0 Å². The van der Waals surface area contributed by atoms with E-state index in [0.29, 0.717) is 12.4 Å². The number of nitrogens with one attached hydrogen (secondary N) is 1. The molecular formula is C15H19N3O. The lowest BCUT2D eigenvalue weighted by molar-refractivity contribution is 0.171. The molecular weight excluding hydrogens is 238 g/mol. The Hall–Kier alpha value is -1.94. The van der Waals surface area contributed by atoms with Crippen LogP contribution in [-0.2, 0) is 0 Å². The van der Waals surface area contributed by atoms with Gasteiger partial charge in [0.2, 0.25) is 0 Å². The quantitative estimate of drug-likeness (QED) is 0.864. The van der Waals surface area contributed by atoms with Gasteiger partial charge in [0.05, 0.1) is 18.1 Å². The molecule has 2 rings (SSSR count). The summed E-state index contributed by atoms with van der Waals surface area (Å²) in [4.78, 5) is 8.68. The van der Waals surface area contributed by atoms with Crippen LogP contribution in [0.25, 0.3) is 11.4 Å². The maximum absolute atomic E-state index is 9.19. The average Bonchev–Trinajstić information content (AvgIpc) is 2.47. The predicted octanol–water partition coefficient (Wildman–Crippen LogP) is 2.57. The van der Waals surface area contributed by atoms with Gasteiger partial charge in [-0.15, -0.1) is 0 Å². The molecule has 0 aliphatic carbocycles. The number of aliphatic hydroxyl groups excluding tert-OH is 1. The number of rotatable bonds is 5. The summed E-state index contributed by atoms with van der Waals surface area (Å²) >= 11 is 0. The highest BCUT2D eigenvalue weighted by Gasteiger charge is 2.15. The number of hydrogen-bond donors (Lipinski definition) is 2. The lowest BCUT2D eigenvalue weighted by Crippen LogP contribution is -2.26. The van der Waals surface area contributed by atoms with Crippen LogP contribution in [0.5, 0.6) is 0 Å². The van der Waals surface area contributed by atoms with Crippen LogP contribution in [-0.4, -0.2) is 28.2 Å². The van der Waals surface area contributed by atoms with Crippen molar-refractivity contribution in [2.24, 2.45) is 5.41 Å². The summed E-state index contributed by atoms with van der Waals surface area (Å²) in [6.45, 7) is 4.82. The molecule has 4 heteroatoms. The van der Waals surface area contributed by atoms with Crippen molar-refractivity contribution in [1.82, 2.24) is 9.97 Å². The maximum Gasteiger partial charge on any atom is 0.159 e. The molecule has 0 saturated heterocycles. The molecule has 0 aliphatic rings. The van der Waals surface area contributed by atoms with Gasteiger partial charge in [-0.25, -0.2) is 9.97 Å². The van der Waals surface area contributed by atoms with E-state index in [2.05, 4.69) is 15.3 Å². The average molecular weight is 257 g/mol. The highest BCUT2D eigenvalue weighted by atomic mass is 16.3. The van der Waals surface area contributed by atoms with Crippen molar-refractivity contribution in [3.05, 3.63) is 42.7 Å². The van der Waals surface area contributed by atoms with Crippen molar-refractivity contribution in [2.75, 3.05) is 18.5 Å². The van der Waals surface area contributed by atoms with E-state index in [9.17, 15) is 5.11 Å². The third kappa shape index (κ3) is 3.76. The van der Waals surface area contributed by atoms with Crippen LogP contribution in [0.15, 0.2) is 42.7 Å². The van der Waals surface area contributed by atoms with Gasteiger partial charge in [-0.2, -0.15) is 0 Å². The van der Waals surface area contributed by atoms with Crippen molar-refractivity contribution < 1.29 is 5.11 Å². The van der Waals surface area contributed by atoms with Crippen molar-refractivity contribution in [2.45, 2.75) is 13.8 Å². The molecule has 1 aromatic carbocycles. The molecule has 0 bridgehead atoms. The van der Waals surface area contributed by atoms with E-state index in [1.54, 1.807) is 12.4 Å². The molecule has 0 atom stereocenters. The molecule has 4 nitrogen and oxygen atoms in total. The minimum Gasteiger partial charge on any atom is -0.396 e. The van der Waals surface area contributed by atoms with E-state index in [1.165, 1.54) is 0 Å². The summed E-state index contributed by atoms with van der Waals surface area (Å²) < 4.78 is 0. The van der Waals surface area contributed by atoms with Crippen LogP contribution in [0, 0.1) is 5.41 Å². The van der Waals surface area contributed by atoms with Gasteiger partial charge in [0.25, 0.3) is 0 Å². The van der Waals surface area contributed by atoms with Gasteiger partial charge in [0.1, 0.15) is 0 Å². The Balaban J connectivity index is 2.03. The van der Waals surface area contributed by atoms with Crippen molar-refractivity contribution in [3.63, 3.8) is 0 Å². The van der Waals surface area contributed by atoms with E-state index < -0.39 is 0 Å². The molecule has 1 heterocycles. The van der Waals surface area contributed by atoms with E-state index in [4.69, 9.17) is 0 Å². The topological polar surface area (TPSA) is 58.0 Å². The second-order valence-electron chi connectivity index (χ2n) is 5.34. The molecule has 0 fully saturated rings. The highest BCUT2D eigenvalue weighted by Crippen LogP contribution is 2.17. The number of nitrogens with zero attached hydrogens (tertiary/aromatic N) is 2. The zero-order valence-corrected chi connectivity index (χ0v) is 11.3. The third-order valence-electron chi connectivity index (χ3n) is 2.88. The van der Waals surface area contributed by atoms with Gasteiger partial charge in [-0.1, -0.05) is 44.2 Å². The first-order chi connectivity index (χ1) is 9.11. The predicted molar refractivity (Wildman–Crippen MR) is 76.8 cm³/mol. The molecule has 19 heavy (non-hydrogen) atoms. The molecule has 0 saturated carbocycles. The Bertz CT molecular complexity index is 509. The summed E-state index contributed by atoms with van der Waals surface area (Å²) in [6.07, 6.45) is 3.53. The molecule has 1 aromatic heterocycles. The van der Waals surface area contributed by atoms with Gasteiger partial charge in [0, 0.05) is 24.1 Å². The van der Waals surface area contributed by atoms with Crippen LogP contribution >= 0.6 is 0 Å². The van der Waals surface area contributed by atoms with Gasteiger partial charge in [0.15, 0.2) is 5.82 Å². The number of anilines is 1. The number of benzene rings is 1. The van der Waals surface area contributed by atoms with Gasteiger partial charge in [-0.3, -0.25) is 0 Å². The van der Waals surface area contributed by atoms with E-state index in [-0.39, 0.29) is 12.0 Å². The lowest BCUT2D eigenvalue weighted by Gasteiger charge is -2.22. The summed E-state index contributed by atoms with van der Waals surface area (Å²) in [6, 6.07) is 9.87. The monoisotopic (exact) mass is 257 g/mol. The number of aliphatic hydroxyl groups is 1. The van der Waals surface area contributed by atoms with Crippen molar-refractivity contribution >= 4 is 5.69 Å². The second kappa shape index (κ2) is 5.80. The van der Waals surface area contributed by atoms with Crippen LogP contribution in [0.3, 0.4) is 0 Å². The molecule has 0 amide bonds. The van der Waals surface area contributed by atoms with Gasteiger partial charge >= 0.3 is 0 Å².